The molecule has 0 spiro atoms. The van der Waals surface area contributed by atoms with Crippen LogP contribution in [0.3, 0.4) is 0 Å². The highest BCUT2D eigenvalue weighted by Gasteiger charge is 2.57. The van der Waals surface area contributed by atoms with Gasteiger partial charge in [0, 0.05) is 12.3 Å². The van der Waals surface area contributed by atoms with E-state index in [1.54, 1.807) is 0 Å². The van der Waals surface area contributed by atoms with Crippen LogP contribution in [0.1, 0.15) is 31.2 Å². The second-order valence-corrected chi connectivity index (χ2v) is 5.81. The van der Waals surface area contributed by atoms with Crippen molar-refractivity contribution in [2.24, 2.45) is 5.92 Å². The third kappa shape index (κ3) is 1.95. The number of carbonyl (C=O) groups excluding carboxylic acids is 2. The minimum atomic E-state index is -0.762. The second-order valence-electron chi connectivity index (χ2n) is 5.81. The first-order chi connectivity index (χ1) is 9.55. The lowest BCUT2D eigenvalue weighted by atomic mass is 9.81. The molecule has 2 bridgehead atoms. The molecule has 0 saturated carbocycles. The van der Waals surface area contributed by atoms with E-state index in [0.717, 1.165) is 5.56 Å². The summed E-state index contributed by atoms with van der Waals surface area (Å²) in [4.78, 5) is 24.0. The Balaban J connectivity index is 1.93. The van der Waals surface area contributed by atoms with Crippen LogP contribution in [0.15, 0.2) is 30.3 Å². The van der Waals surface area contributed by atoms with Crippen molar-refractivity contribution >= 4 is 11.8 Å². The monoisotopic (exact) mass is 274 g/mol. The number of fused-ring (bicyclic) bond motifs is 2. The number of Topliss-reactive ketones (excluding diaryl/α,β-unsaturated/α-hetero) is 1. The van der Waals surface area contributed by atoms with Crippen LogP contribution in [0, 0.1) is 5.92 Å². The third-order valence-corrected chi connectivity index (χ3v) is 4.53. The Hall–Kier alpha value is -1.68. The van der Waals surface area contributed by atoms with E-state index < -0.39 is 17.5 Å². The van der Waals surface area contributed by atoms with Crippen molar-refractivity contribution in [3.63, 3.8) is 0 Å². The average Bonchev–Trinajstić information content (AvgIpc) is 2.71. The largest absolute Gasteiger partial charge is 0.468 e. The van der Waals surface area contributed by atoms with Gasteiger partial charge >= 0.3 is 5.97 Å². The van der Waals surface area contributed by atoms with Crippen LogP contribution in [-0.4, -0.2) is 30.6 Å². The van der Waals surface area contributed by atoms with E-state index in [4.69, 9.17) is 9.47 Å². The Morgan fingerprint density at radius 1 is 1.35 bits per heavy atom. The molecule has 0 aliphatic carbocycles. The lowest BCUT2D eigenvalue weighted by Crippen LogP contribution is -2.46. The molecule has 4 nitrogen and oxygen atoms in total. The van der Waals surface area contributed by atoms with Gasteiger partial charge in [0.2, 0.25) is 0 Å². The summed E-state index contributed by atoms with van der Waals surface area (Å²) in [6, 6.07) is 10.0. The summed E-state index contributed by atoms with van der Waals surface area (Å²) >= 11 is 0. The third-order valence-electron chi connectivity index (χ3n) is 4.53. The molecule has 2 aliphatic heterocycles. The highest BCUT2D eigenvalue weighted by atomic mass is 16.5. The van der Waals surface area contributed by atoms with Crippen molar-refractivity contribution < 1.29 is 19.1 Å². The summed E-state index contributed by atoms with van der Waals surface area (Å²) in [7, 11) is 1.31. The number of hydrogen-bond donors (Lipinski definition) is 0. The van der Waals surface area contributed by atoms with Gasteiger partial charge in [-0.25, -0.2) is 0 Å². The zero-order chi connectivity index (χ0) is 14.3. The molecule has 2 aliphatic rings. The van der Waals surface area contributed by atoms with E-state index in [9.17, 15) is 9.59 Å². The molecule has 106 valence electrons. The number of ether oxygens (including phenoxy) is 2. The number of esters is 1. The van der Waals surface area contributed by atoms with E-state index in [-0.39, 0.29) is 24.2 Å². The van der Waals surface area contributed by atoms with E-state index in [1.807, 2.05) is 25.1 Å². The standard InChI is InChI=1S/C16H18O4/c1-16-9-12(17)14(15(18)19-2)13(20-16)8-11(16)10-6-4-3-5-7-10/h3-7,11,13-14H,8-9H2,1-2H3/t11-,13-,14-,16-/m1/s1. The fraction of sp³-hybridized carbons (Fsp3) is 0.500. The highest BCUT2D eigenvalue weighted by Crippen LogP contribution is 2.51. The van der Waals surface area contributed by atoms with Gasteiger partial charge < -0.3 is 9.47 Å². The minimum Gasteiger partial charge on any atom is -0.468 e. The number of ketones is 1. The van der Waals surface area contributed by atoms with E-state index in [1.165, 1.54) is 7.11 Å². The van der Waals surface area contributed by atoms with Gasteiger partial charge in [-0.3, -0.25) is 9.59 Å². The predicted molar refractivity (Wildman–Crippen MR) is 72.2 cm³/mol. The van der Waals surface area contributed by atoms with Crippen molar-refractivity contribution in [3.8, 4) is 0 Å². The lowest BCUT2D eigenvalue weighted by Gasteiger charge is -2.35. The van der Waals surface area contributed by atoms with Crippen molar-refractivity contribution in [2.75, 3.05) is 7.11 Å². The van der Waals surface area contributed by atoms with Crippen LogP contribution in [0.25, 0.3) is 0 Å². The SMILES string of the molecule is COC(=O)[C@@H]1C(=O)C[C@@]2(C)O[C@@H]1C[C@@H]2c1ccccc1. The highest BCUT2D eigenvalue weighted by molar-refractivity contribution is 6.01. The zero-order valence-electron chi connectivity index (χ0n) is 11.7. The van der Waals surface area contributed by atoms with Crippen LogP contribution in [-0.2, 0) is 19.1 Å². The first kappa shape index (κ1) is 13.3. The molecule has 4 heteroatoms. The summed E-state index contributed by atoms with van der Waals surface area (Å²) in [5.41, 5.74) is 0.656. The van der Waals surface area contributed by atoms with E-state index >= 15 is 0 Å². The van der Waals surface area contributed by atoms with Gasteiger partial charge in [-0.05, 0) is 18.9 Å². The molecule has 2 saturated heterocycles. The molecule has 3 rings (SSSR count). The summed E-state index contributed by atoms with van der Waals surface area (Å²) < 4.78 is 10.8. The van der Waals surface area contributed by atoms with Crippen LogP contribution in [0.4, 0.5) is 0 Å². The van der Waals surface area contributed by atoms with Gasteiger partial charge in [0.15, 0.2) is 5.78 Å². The van der Waals surface area contributed by atoms with Crippen LogP contribution >= 0.6 is 0 Å². The molecule has 20 heavy (non-hydrogen) atoms. The van der Waals surface area contributed by atoms with Crippen LogP contribution < -0.4 is 0 Å². The van der Waals surface area contributed by atoms with Crippen molar-refractivity contribution in [3.05, 3.63) is 35.9 Å². The van der Waals surface area contributed by atoms with Gasteiger partial charge in [0.1, 0.15) is 5.92 Å². The van der Waals surface area contributed by atoms with E-state index in [2.05, 4.69) is 12.1 Å². The number of hydrogen-bond acceptors (Lipinski definition) is 4. The van der Waals surface area contributed by atoms with Crippen molar-refractivity contribution in [1.29, 1.82) is 0 Å². The first-order valence-corrected chi connectivity index (χ1v) is 6.88. The molecule has 0 amide bonds. The Labute approximate surface area is 118 Å². The van der Waals surface area contributed by atoms with Gasteiger partial charge in [0.25, 0.3) is 0 Å². The molecule has 1 aromatic carbocycles. The van der Waals surface area contributed by atoms with Crippen LogP contribution in [0.2, 0.25) is 0 Å². The molecular formula is C16H18O4. The molecule has 0 aromatic heterocycles. The van der Waals surface area contributed by atoms with Crippen molar-refractivity contribution in [1.82, 2.24) is 0 Å². The Kier molecular flexibility index (Phi) is 3.13. The number of carbonyl (C=O) groups is 2. The molecular weight excluding hydrogens is 256 g/mol. The molecule has 0 N–H and O–H groups in total. The van der Waals surface area contributed by atoms with Gasteiger partial charge in [-0.2, -0.15) is 0 Å². The quantitative estimate of drug-likeness (QED) is 0.612. The predicted octanol–water partition coefficient (Wildman–Crippen LogP) is 2.08. The Bertz CT molecular complexity index is 539. The second kappa shape index (κ2) is 4.70. The molecule has 0 unspecified atom stereocenters. The zero-order valence-corrected chi connectivity index (χ0v) is 11.7. The maximum atomic E-state index is 12.3. The average molecular weight is 274 g/mol. The summed E-state index contributed by atoms with van der Waals surface area (Å²) in [5.74, 6) is -1.15. The van der Waals surface area contributed by atoms with E-state index in [0.29, 0.717) is 6.42 Å². The fourth-order valence-electron chi connectivity index (χ4n) is 3.57. The molecule has 2 fully saturated rings. The number of benzene rings is 1. The minimum absolute atomic E-state index is 0.0611. The topological polar surface area (TPSA) is 52.6 Å². The smallest absolute Gasteiger partial charge is 0.318 e. The number of rotatable bonds is 2. The maximum Gasteiger partial charge on any atom is 0.318 e. The van der Waals surface area contributed by atoms with Gasteiger partial charge in [-0.1, -0.05) is 30.3 Å². The normalized spacial score (nSPS) is 35.9. The van der Waals surface area contributed by atoms with Gasteiger partial charge in [-0.15, -0.1) is 0 Å². The first-order valence-electron chi connectivity index (χ1n) is 6.88. The Morgan fingerprint density at radius 3 is 2.70 bits per heavy atom. The van der Waals surface area contributed by atoms with Gasteiger partial charge in [0.05, 0.1) is 18.8 Å². The molecule has 4 atom stereocenters. The fourth-order valence-corrected chi connectivity index (χ4v) is 3.57. The molecule has 2 heterocycles. The summed E-state index contributed by atoms with van der Waals surface area (Å²) in [6.07, 6.45) is 0.591. The van der Waals surface area contributed by atoms with Crippen molar-refractivity contribution in [2.45, 2.75) is 37.4 Å². The molecule has 1 aromatic rings. The summed E-state index contributed by atoms with van der Waals surface area (Å²) in [6.45, 7) is 1.97. The summed E-state index contributed by atoms with van der Waals surface area (Å²) in [5, 5.41) is 0. The Morgan fingerprint density at radius 2 is 2.05 bits per heavy atom. The number of methoxy groups -OCH3 is 1. The lowest BCUT2D eigenvalue weighted by molar-refractivity contribution is -0.168. The van der Waals surface area contributed by atoms with Crippen LogP contribution in [0.5, 0.6) is 0 Å². The molecule has 0 radical (unpaired) electrons. The maximum absolute atomic E-state index is 12.3.